The monoisotopic (exact) mass is 119 g/mol. The van der Waals surface area contributed by atoms with Crippen LogP contribution in [0.3, 0.4) is 0 Å². The molecule has 7 heavy (non-hydrogen) atoms. The minimum absolute atomic E-state index is 0.0417. The Morgan fingerprint density at radius 2 is 2.57 bits per heavy atom. The Hall–Kier alpha value is 0.270. The van der Waals surface area contributed by atoms with Crippen LogP contribution in [-0.4, -0.2) is 11.2 Å². The average Bonchev–Trinajstić information content (AvgIpc) is 2.14. The van der Waals surface area contributed by atoms with E-state index in [2.05, 4.69) is 4.89 Å². The highest BCUT2D eigenvalue weighted by atomic mass is 32.2. The van der Waals surface area contributed by atoms with Crippen molar-refractivity contribution in [1.82, 2.24) is 0 Å². The molecule has 41 valence electrons. The molecule has 0 bridgehead atoms. The molecule has 1 saturated heterocycles. The third-order valence-corrected chi connectivity index (χ3v) is 2.21. The van der Waals surface area contributed by atoms with Gasteiger partial charge in [-0.25, -0.2) is 0 Å². The van der Waals surface area contributed by atoms with Gasteiger partial charge in [0.15, 0.2) is 0 Å². The standard InChI is InChI=1S/C4H7O2S/c5-6-4-2-1-3-7-4/h4H,1-3H2. The summed E-state index contributed by atoms with van der Waals surface area (Å²) in [5, 5.41) is 9.61. The third kappa shape index (κ3) is 1.33. The molecule has 1 fully saturated rings. The predicted molar refractivity (Wildman–Crippen MR) is 27.3 cm³/mol. The van der Waals surface area contributed by atoms with Crippen molar-refractivity contribution in [3.8, 4) is 0 Å². The second-order valence-electron chi connectivity index (χ2n) is 1.54. The van der Waals surface area contributed by atoms with E-state index in [0.29, 0.717) is 0 Å². The van der Waals surface area contributed by atoms with Crippen LogP contribution in [0.1, 0.15) is 12.8 Å². The van der Waals surface area contributed by atoms with Gasteiger partial charge in [-0.1, -0.05) is 0 Å². The molecular weight excluding hydrogens is 112 g/mol. The van der Waals surface area contributed by atoms with Gasteiger partial charge < -0.3 is 0 Å². The van der Waals surface area contributed by atoms with Crippen LogP contribution in [0.2, 0.25) is 0 Å². The SMILES string of the molecule is [O]OC1CCCS1. The largest absolute Gasteiger partial charge is 0.189 e. The van der Waals surface area contributed by atoms with Crippen molar-refractivity contribution in [3.05, 3.63) is 0 Å². The van der Waals surface area contributed by atoms with E-state index >= 15 is 0 Å². The molecule has 1 heterocycles. The van der Waals surface area contributed by atoms with Crippen LogP contribution in [-0.2, 0) is 10.1 Å². The van der Waals surface area contributed by atoms with E-state index in [4.69, 9.17) is 0 Å². The molecule has 0 aromatic rings. The maximum atomic E-state index is 9.61. The summed E-state index contributed by atoms with van der Waals surface area (Å²) in [6, 6.07) is 0. The normalized spacial score (nSPS) is 31.3. The van der Waals surface area contributed by atoms with Crippen LogP contribution < -0.4 is 0 Å². The molecular formula is C4H7O2S. The molecule has 0 N–H and O–H groups in total. The molecule has 0 aliphatic carbocycles. The molecule has 1 aliphatic rings. The Morgan fingerprint density at radius 1 is 1.71 bits per heavy atom. The number of hydrogen-bond donors (Lipinski definition) is 0. The first-order valence-electron chi connectivity index (χ1n) is 2.33. The van der Waals surface area contributed by atoms with Crippen LogP contribution in [0, 0.1) is 0 Å². The van der Waals surface area contributed by atoms with Gasteiger partial charge in [0, 0.05) is 0 Å². The Kier molecular flexibility index (Phi) is 1.97. The van der Waals surface area contributed by atoms with E-state index < -0.39 is 0 Å². The van der Waals surface area contributed by atoms with Crippen molar-refractivity contribution in [3.63, 3.8) is 0 Å². The summed E-state index contributed by atoms with van der Waals surface area (Å²) in [4.78, 5) is 3.82. The first-order valence-corrected chi connectivity index (χ1v) is 3.38. The van der Waals surface area contributed by atoms with E-state index in [1.54, 1.807) is 11.8 Å². The zero-order valence-electron chi connectivity index (χ0n) is 3.92. The van der Waals surface area contributed by atoms with E-state index in [-0.39, 0.29) is 5.44 Å². The number of thioether (sulfide) groups is 1. The molecule has 0 saturated carbocycles. The Bertz CT molecular complexity index is 51.7. The van der Waals surface area contributed by atoms with Gasteiger partial charge in [-0.3, -0.25) is 0 Å². The molecule has 1 radical (unpaired) electrons. The highest BCUT2D eigenvalue weighted by Gasteiger charge is 2.15. The summed E-state index contributed by atoms with van der Waals surface area (Å²) in [5.41, 5.74) is -0.0417. The van der Waals surface area contributed by atoms with Crippen molar-refractivity contribution in [2.75, 3.05) is 5.75 Å². The van der Waals surface area contributed by atoms with Gasteiger partial charge in [0.2, 0.25) is 0 Å². The summed E-state index contributed by atoms with van der Waals surface area (Å²) < 4.78 is 0. The van der Waals surface area contributed by atoms with Crippen molar-refractivity contribution in [1.29, 1.82) is 0 Å². The van der Waals surface area contributed by atoms with Crippen molar-refractivity contribution < 1.29 is 10.1 Å². The van der Waals surface area contributed by atoms with Gasteiger partial charge in [0.1, 0.15) is 5.44 Å². The lowest BCUT2D eigenvalue weighted by molar-refractivity contribution is -0.313. The van der Waals surface area contributed by atoms with E-state index in [9.17, 15) is 5.26 Å². The summed E-state index contributed by atoms with van der Waals surface area (Å²) in [6.45, 7) is 0. The molecule has 0 aromatic heterocycles. The lowest BCUT2D eigenvalue weighted by Gasteiger charge is -1.96. The zero-order valence-corrected chi connectivity index (χ0v) is 4.74. The Morgan fingerprint density at radius 3 is 2.86 bits per heavy atom. The van der Waals surface area contributed by atoms with Gasteiger partial charge in [-0.05, 0) is 23.9 Å². The molecule has 0 spiro atoms. The minimum atomic E-state index is -0.0417. The van der Waals surface area contributed by atoms with Crippen LogP contribution in [0.5, 0.6) is 0 Å². The molecule has 1 unspecified atom stereocenters. The molecule has 2 nitrogen and oxygen atoms in total. The lowest BCUT2D eigenvalue weighted by Crippen LogP contribution is -1.96. The summed E-state index contributed by atoms with van der Waals surface area (Å²) in [7, 11) is 0. The molecule has 3 heteroatoms. The second-order valence-corrected chi connectivity index (χ2v) is 2.81. The van der Waals surface area contributed by atoms with Crippen LogP contribution >= 0.6 is 11.8 Å². The fourth-order valence-electron chi connectivity index (χ4n) is 0.624. The molecule has 1 rings (SSSR count). The quantitative estimate of drug-likeness (QED) is 0.383. The van der Waals surface area contributed by atoms with Gasteiger partial charge in [-0.15, -0.1) is 11.8 Å². The highest BCUT2D eigenvalue weighted by molar-refractivity contribution is 7.99. The predicted octanol–water partition coefficient (Wildman–Crippen LogP) is 1.20. The van der Waals surface area contributed by atoms with Gasteiger partial charge in [0.25, 0.3) is 0 Å². The van der Waals surface area contributed by atoms with Crippen LogP contribution in [0.4, 0.5) is 0 Å². The fourth-order valence-corrected chi connectivity index (χ4v) is 1.61. The maximum Gasteiger partial charge on any atom is 0.142 e. The summed E-state index contributed by atoms with van der Waals surface area (Å²) in [6.07, 6.45) is 2.08. The zero-order chi connectivity index (χ0) is 5.11. The third-order valence-electron chi connectivity index (χ3n) is 0.995. The van der Waals surface area contributed by atoms with E-state index in [0.717, 1.165) is 18.6 Å². The van der Waals surface area contributed by atoms with Crippen molar-refractivity contribution in [2.24, 2.45) is 0 Å². The first kappa shape index (κ1) is 5.41. The molecule has 0 aromatic carbocycles. The Labute approximate surface area is 46.8 Å². The van der Waals surface area contributed by atoms with E-state index in [1.807, 2.05) is 0 Å². The lowest BCUT2D eigenvalue weighted by atomic mass is 10.4. The molecule has 1 aliphatic heterocycles. The smallest absolute Gasteiger partial charge is 0.142 e. The topological polar surface area (TPSA) is 29.1 Å². The minimum Gasteiger partial charge on any atom is -0.189 e. The number of rotatable bonds is 1. The van der Waals surface area contributed by atoms with Crippen molar-refractivity contribution >= 4 is 11.8 Å². The second kappa shape index (κ2) is 2.55. The first-order chi connectivity index (χ1) is 3.43. The van der Waals surface area contributed by atoms with Crippen LogP contribution in [0.15, 0.2) is 0 Å². The number of hydrogen-bond acceptors (Lipinski definition) is 2. The summed E-state index contributed by atoms with van der Waals surface area (Å²) in [5.74, 6) is 1.09. The van der Waals surface area contributed by atoms with Crippen LogP contribution in [0.25, 0.3) is 0 Å². The van der Waals surface area contributed by atoms with Gasteiger partial charge >= 0.3 is 0 Å². The average molecular weight is 119 g/mol. The molecule has 1 atom stereocenters. The van der Waals surface area contributed by atoms with E-state index in [1.165, 1.54) is 0 Å². The highest BCUT2D eigenvalue weighted by Crippen LogP contribution is 2.25. The summed E-state index contributed by atoms with van der Waals surface area (Å²) >= 11 is 1.61. The molecule has 0 amide bonds. The van der Waals surface area contributed by atoms with Crippen molar-refractivity contribution in [2.45, 2.75) is 18.3 Å². The maximum absolute atomic E-state index is 9.61. The Balaban J connectivity index is 2.14. The van der Waals surface area contributed by atoms with Gasteiger partial charge in [-0.2, -0.15) is 4.89 Å². The van der Waals surface area contributed by atoms with Gasteiger partial charge in [0.05, 0.1) is 0 Å². The fraction of sp³-hybridized carbons (Fsp3) is 1.00.